The van der Waals surface area contributed by atoms with Gasteiger partial charge < -0.3 is 9.47 Å². The molecule has 7 nitrogen and oxygen atoms in total. The zero-order valence-corrected chi connectivity index (χ0v) is 10.5. The number of hydrogen-bond donors (Lipinski definition) is 0. The predicted octanol–water partition coefficient (Wildman–Crippen LogP) is 0.957. The molecule has 100 valence electrons. The molecule has 2 rings (SSSR count). The fourth-order valence-corrected chi connectivity index (χ4v) is 1.80. The van der Waals surface area contributed by atoms with E-state index in [4.69, 9.17) is 4.74 Å². The van der Waals surface area contributed by atoms with Gasteiger partial charge in [0, 0.05) is 0 Å². The van der Waals surface area contributed by atoms with Crippen molar-refractivity contribution in [3.63, 3.8) is 0 Å². The van der Waals surface area contributed by atoms with Crippen molar-refractivity contribution in [1.82, 2.24) is 0 Å². The van der Waals surface area contributed by atoms with E-state index in [1.165, 1.54) is 19.2 Å². The molecule has 0 aliphatic carbocycles. The van der Waals surface area contributed by atoms with Crippen LogP contribution in [-0.4, -0.2) is 38.2 Å². The molecule has 2 atom stereocenters. The van der Waals surface area contributed by atoms with E-state index in [-0.39, 0.29) is 0 Å². The Hall–Kier alpha value is -2.44. The first-order valence-electron chi connectivity index (χ1n) is 5.59. The van der Waals surface area contributed by atoms with Crippen LogP contribution in [0.1, 0.15) is 0 Å². The van der Waals surface area contributed by atoms with Crippen LogP contribution in [0.25, 0.3) is 0 Å². The number of nitrogens with zero attached hydrogens (tertiary/aromatic N) is 3. The summed E-state index contributed by atoms with van der Waals surface area (Å²) in [5, 5.41) is 9.01. The zero-order chi connectivity index (χ0) is 13.8. The lowest BCUT2D eigenvalue weighted by Crippen LogP contribution is -2.46. The number of carbonyl (C=O) groups is 2. The monoisotopic (exact) mass is 263 g/mol. The fourth-order valence-electron chi connectivity index (χ4n) is 1.80. The lowest BCUT2D eigenvalue weighted by atomic mass is 10.1. The second-order valence-electron chi connectivity index (χ2n) is 3.82. The standard InChI is InChI=1S/C12H13N3O4/c1-18-11(16)9-10(12(17)19-2)15(14-13-9)8-6-4-3-5-7-8/h3-7,9-10H,1-2H3/t9-,10-/m0/s1. The minimum atomic E-state index is -1.02. The maximum Gasteiger partial charge on any atom is 0.335 e. The summed E-state index contributed by atoms with van der Waals surface area (Å²) >= 11 is 0. The van der Waals surface area contributed by atoms with Gasteiger partial charge in [0.1, 0.15) is 0 Å². The lowest BCUT2D eigenvalue weighted by Gasteiger charge is -2.22. The quantitative estimate of drug-likeness (QED) is 0.759. The normalized spacial score (nSPS) is 21.3. The topological polar surface area (TPSA) is 80.6 Å². The van der Waals surface area contributed by atoms with Crippen LogP contribution in [0.5, 0.6) is 0 Å². The third-order valence-corrected chi connectivity index (χ3v) is 2.74. The lowest BCUT2D eigenvalue weighted by molar-refractivity contribution is -0.149. The Labute approximate surface area is 109 Å². The summed E-state index contributed by atoms with van der Waals surface area (Å²) in [4.78, 5) is 23.4. The number of rotatable bonds is 3. The Balaban J connectivity index is 2.32. The molecule has 0 aromatic heterocycles. The van der Waals surface area contributed by atoms with Crippen molar-refractivity contribution >= 4 is 17.6 Å². The molecule has 0 N–H and O–H groups in total. The fraction of sp³-hybridized carbons (Fsp3) is 0.333. The van der Waals surface area contributed by atoms with E-state index >= 15 is 0 Å². The van der Waals surface area contributed by atoms with Crippen molar-refractivity contribution in [3.05, 3.63) is 30.3 Å². The molecule has 0 radical (unpaired) electrons. The van der Waals surface area contributed by atoms with Gasteiger partial charge in [0.15, 0.2) is 6.04 Å². The maximum absolute atomic E-state index is 11.8. The highest BCUT2D eigenvalue weighted by Gasteiger charge is 2.45. The number of anilines is 1. The molecular weight excluding hydrogens is 250 g/mol. The number of carbonyl (C=O) groups excluding carboxylic acids is 2. The highest BCUT2D eigenvalue weighted by molar-refractivity contribution is 5.90. The number of methoxy groups -OCH3 is 2. The number of para-hydroxylation sites is 1. The summed E-state index contributed by atoms with van der Waals surface area (Å²) in [6, 6.07) is 6.98. The average Bonchev–Trinajstić information content (AvgIpc) is 2.91. The maximum atomic E-state index is 11.8. The van der Waals surface area contributed by atoms with Gasteiger partial charge in [0.25, 0.3) is 0 Å². The molecule has 1 heterocycles. The van der Waals surface area contributed by atoms with E-state index in [9.17, 15) is 9.59 Å². The van der Waals surface area contributed by atoms with Crippen LogP contribution < -0.4 is 5.01 Å². The molecule has 1 aliphatic rings. The first-order valence-corrected chi connectivity index (χ1v) is 5.59. The Morgan fingerprint density at radius 3 is 2.32 bits per heavy atom. The molecule has 0 amide bonds. The van der Waals surface area contributed by atoms with E-state index in [0.29, 0.717) is 5.69 Å². The minimum absolute atomic E-state index is 0.593. The Kier molecular flexibility index (Phi) is 3.74. The highest BCUT2D eigenvalue weighted by atomic mass is 16.5. The van der Waals surface area contributed by atoms with Crippen molar-refractivity contribution < 1.29 is 19.1 Å². The van der Waals surface area contributed by atoms with Gasteiger partial charge in [-0.3, -0.25) is 0 Å². The van der Waals surface area contributed by atoms with Gasteiger partial charge in [0.2, 0.25) is 6.04 Å². The first-order chi connectivity index (χ1) is 9.19. The summed E-state index contributed by atoms with van der Waals surface area (Å²) in [6.07, 6.45) is 0. The molecule has 0 unspecified atom stereocenters. The van der Waals surface area contributed by atoms with E-state index in [1.807, 2.05) is 6.07 Å². The third-order valence-electron chi connectivity index (χ3n) is 2.74. The zero-order valence-electron chi connectivity index (χ0n) is 10.5. The highest BCUT2D eigenvalue weighted by Crippen LogP contribution is 2.26. The smallest absolute Gasteiger partial charge is 0.335 e. The van der Waals surface area contributed by atoms with Crippen LogP contribution in [0, 0.1) is 0 Å². The van der Waals surface area contributed by atoms with Gasteiger partial charge in [-0.15, -0.1) is 0 Å². The predicted molar refractivity (Wildman–Crippen MR) is 65.4 cm³/mol. The molecule has 0 saturated heterocycles. The number of esters is 2. The van der Waals surface area contributed by atoms with Crippen molar-refractivity contribution in [2.24, 2.45) is 10.3 Å². The molecule has 19 heavy (non-hydrogen) atoms. The largest absolute Gasteiger partial charge is 0.467 e. The summed E-state index contributed by atoms with van der Waals surface area (Å²) < 4.78 is 9.32. The molecule has 0 spiro atoms. The molecular formula is C12H13N3O4. The van der Waals surface area contributed by atoms with Crippen LogP contribution >= 0.6 is 0 Å². The van der Waals surface area contributed by atoms with Gasteiger partial charge >= 0.3 is 11.9 Å². The first kappa shape index (κ1) is 13.0. The van der Waals surface area contributed by atoms with Gasteiger partial charge in [-0.25, -0.2) is 14.6 Å². The van der Waals surface area contributed by atoms with E-state index in [2.05, 4.69) is 15.1 Å². The van der Waals surface area contributed by atoms with E-state index in [1.54, 1.807) is 24.3 Å². The van der Waals surface area contributed by atoms with Gasteiger partial charge in [-0.2, -0.15) is 5.11 Å². The van der Waals surface area contributed by atoms with Crippen molar-refractivity contribution in [3.8, 4) is 0 Å². The van der Waals surface area contributed by atoms with Gasteiger partial charge in [0.05, 0.1) is 19.9 Å². The van der Waals surface area contributed by atoms with Crippen LogP contribution in [0.15, 0.2) is 40.7 Å². The van der Waals surface area contributed by atoms with Crippen LogP contribution in [0.3, 0.4) is 0 Å². The summed E-state index contributed by atoms with van der Waals surface area (Å²) in [6.45, 7) is 0. The summed E-state index contributed by atoms with van der Waals surface area (Å²) in [5.41, 5.74) is 0.646. The molecule has 1 aliphatic heterocycles. The third kappa shape index (κ3) is 2.40. The molecule has 0 bridgehead atoms. The Morgan fingerprint density at radius 1 is 1.11 bits per heavy atom. The Morgan fingerprint density at radius 2 is 1.74 bits per heavy atom. The SMILES string of the molecule is COC(=O)[C@H]1N=NN(c2ccccc2)[C@@H]1C(=O)OC. The molecule has 7 heteroatoms. The van der Waals surface area contributed by atoms with Crippen molar-refractivity contribution in [1.29, 1.82) is 0 Å². The van der Waals surface area contributed by atoms with Crippen LogP contribution in [-0.2, 0) is 19.1 Å². The molecule has 0 fully saturated rings. The van der Waals surface area contributed by atoms with Crippen LogP contribution in [0.4, 0.5) is 5.69 Å². The van der Waals surface area contributed by atoms with Gasteiger partial charge in [-0.1, -0.05) is 23.4 Å². The second kappa shape index (κ2) is 5.47. The van der Waals surface area contributed by atoms with Gasteiger partial charge in [-0.05, 0) is 12.1 Å². The van der Waals surface area contributed by atoms with E-state index in [0.717, 1.165) is 0 Å². The average molecular weight is 263 g/mol. The minimum Gasteiger partial charge on any atom is -0.467 e. The summed E-state index contributed by atoms with van der Waals surface area (Å²) in [7, 11) is 2.48. The molecule has 1 aromatic carbocycles. The Bertz CT molecular complexity index is 503. The second-order valence-corrected chi connectivity index (χ2v) is 3.82. The molecule has 1 aromatic rings. The number of benzene rings is 1. The van der Waals surface area contributed by atoms with E-state index < -0.39 is 24.0 Å². The number of ether oxygens (including phenoxy) is 2. The summed E-state index contributed by atoms with van der Waals surface area (Å²) in [5.74, 6) is -1.22. The molecule has 0 saturated carbocycles. The van der Waals surface area contributed by atoms with Crippen LogP contribution in [0.2, 0.25) is 0 Å². The van der Waals surface area contributed by atoms with Crippen molar-refractivity contribution in [2.45, 2.75) is 12.1 Å². The number of hydrogen-bond acceptors (Lipinski definition) is 7. The van der Waals surface area contributed by atoms with Crippen molar-refractivity contribution in [2.75, 3.05) is 19.2 Å².